The zero-order valence-electron chi connectivity index (χ0n) is 18.1. The average molecular weight is 520 g/mol. The normalized spacial score (nSPS) is 55.3. The molecule has 0 aliphatic carbocycles. The van der Waals surface area contributed by atoms with Gasteiger partial charge in [0.25, 0.3) is 0 Å². The number of aliphatic hydroxyl groups is 13. The molecule has 17 nitrogen and oxygen atoms in total. The van der Waals surface area contributed by atoms with Crippen LogP contribution in [-0.4, -0.2) is 177 Å². The van der Waals surface area contributed by atoms with Gasteiger partial charge in [-0.15, -0.1) is 0 Å². The van der Waals surface area contributed by atoms with Crippen molar-refractivity contribution in [2.75, 3.05) is 26.4 Å². The second-order valence-corrected chi connectivity index (χ2v) is 8.74. The summed E-state index contributed by atoms with van der Waals surface area (Å²) < 4.78 is 20.9. The van der Waals surface area contributed by atoms with E-state index in [0.717, 1.165) is 0 Å². The number of rotatable bonds is 7. The minimum absolute atomic E-state index is 0.936. The fraction of sp³-hybridized carbons (Fsp3) is 1.00. The van der Waals surface area contributed by atoms with Crippen molar-refractivity contribution in [3.8, 4) is 0 Å². The van der Waals surface area contributed by atoms with Crippen molar-refractivity contribution in [2.24, 2.45) is 0 Å². The first-order valence-electron chi connectivity index (χ1n) is 10.6. The molecule has 0 radical (unpaired) electrons. The van der Waals surface area contributed by atoms with Gasteiger partial charge in [-0.25, -0.2) is 0 Å². The predicted octanol–water partition coefficient (Wildman–Crippen LogP) is -8.86. The van der Waals surface area contributed by atoms with Crippen LogP contribution < -0.4 is 0 Å². The summed E-state index contributed by atoms with van der Waals surface area (Å²) in [7, 11) is 0. The van der Waals surface area contributed by atoms with Gasteiger partial charge in [0.1, 0.15) is 67.6 Å². The first-order valence-corrected chi connectivity index (χ1v) is 10.6. The molecule has 14 atom stereocenters. The maximum absolute atomic E-state index is 11.6. The van der Waals surface area contributed by atoms with Gasteiger partial charge < -0.3 is 85.3 Å². The average Bonchev–Trinajstić information content (AvgIpc) is 3.10. The molecule has 0 aromatic rings. The standard InChI is InChI=1S/C18H32O17/c19-1-5-8(23)10(25)13(28)18(34-5,17(31)11(26)7(3-21)32-15(30)14(17)29)35-16(4-22)12(27)9(24)6(2-20)33-16/h5-15,19-31H,1-4H2/t5-,6-,7-,8-,9-,10+,11-,12+,13-,14+,15?,16?,17+,18-/m1/s1. The minimum atomic E-state index is -3.53. The van der Waals surface area contributed by atoms with Gasteiger partial charge in [0, 0.05) is 0 Å². The molecule has 0 aromatic carbocycles. The van der Waals surface area contributed by atoms with Crippen molar-refractivity contribution < 1.29 is 85.3 Å². The summed E-state index contributed by atoms with van der Waals surface area (Å²) in [6, 6.07) is 0. The zero-order chi connectivity index (χ0) is 26.5. The number of aliphatic hydroxyl groups excluding tert-OH is 12. The Labute approximate surface area is 197 Å². The van der Waals surface area contributed by atoms with E-state index >= 15 is 0 Å². The van der Waals surface area contributed by atoms with E-state index in [1.807, 2.05) is 0 Å². The van der Waals surface area contributed by atoms with E-state index in [-0.39, 0.29) is 0 Å². The van der Waals surface area contributed by atoms with E-state index in [9.17, 15) is 66.4 Å². The van der Waals surface area contributed by atoms with Gasteiger partial charge in [0.05, 0.1) is 19.8 Å². The molecular formula is C18H32O17. The summed E-state index contributed by atoms with van der Waals surface area (Å²) in [5.41, 5.74) is -3.53. The molecule has 3 heterocycles. The molecule has 0 spiro atoms. The SMILES string of the molecule is OC[C@H]1OC(CO)(O[C@]2([C@]3(O)[C@H](O)[C@@H](CO)OC(O)[C@@H]3O)O[C@H](CO)[C@@H](O)[C@H](O)[C@H]2O)[C@@H](O)[C@@H]1O. The molecule has 3 rings (SSSR count). The lowest BCUT2D eigenvalue weighted by atomic mass is 9.71. The molecule has 17 heteroatoms. The van der Waals surface area contributed by atoms with Crippen molar-refractivity contribution in [1.82, 2.24) is 0 Å². The Morgan fingerprint density at radius 3 is 1.63 bits per heavy atom. The first kappa shape index (κ1) is 28.9. The van der Waals surface area contributed by atoms with E-state index in [1.54, 1.807) is 0 Å². The lowest BCUT2D eigenvalue weighted by Gasteiger charge is -2.61. The summed E-state index contributed by atoms with van der Waals surface area (Å²) in [6.07, 6.45) is -24.4. The highest BCUT2D eigenvalue weighted by atomic mass is 16.8. The maximum Gasteiger partial charge on any atom is 0.235 e. The van der Waals surface area contributed by atoms with Crippen molar-refractivity contribution in [3.05, 3.63) is 0 Å². The van der Waals surface area contributed by atoms with Gasteiger partial charge in [-0.1, -0.05) is 0 Å². The van der Waals surface area contributed by atoms with E-state index in [1.165, 1.54) is 0 Å². The molecule has 0 bridgehead atoms. The van der Waals surface area contributed by atoms with Crippen LogP contribution >= 0.6 is 0 Å². The monoisotopic (exact) mass is 520 g/mol. The Morgan fingerprint density at radius 1 is 0.600 bits per heavy atom. The van der Waals surface area contributed by atoms with Crippen molar-refractivity contribution in [1.29, 1.82) is 0 Å². The Balaban J connectivity index is 2.24. The largest absolute Gasteiger partial charge is 0.394 e. The van der Waals surface area contributed by atoms with Crippen molar-refractivity contribution in [3.63, 3.8) is 0 Å². The van der Waals surface area contributed by atoms with E-state index in [0.29, 0.717) is 0 Å². The Morgan fingerprint density at radius 2 is 1.14 bits per heavy atom. The van der Waals surface area contributed by atoms with Gasteiger partial charge in [-0.2, -0.15) is 0 Å². The van der Waals surface area contributed by atoms with Crippen LogP contribution in [0.5, 0.6) is 0 Å². The summed E-state index contributed by atoms with van der Waals surface area (Å²) in [5.74, 6) is -6.40. The predicted molar refractivity (Wildman–Crippen MR) is 103 cm³/mol. The van der Waals surface area contributed by atoms with Crippen LogP contribution in [0.3, 0.4) is 0 Å². The fourth-order valence-electron chi connectivity index (χ4n) is 4.71. The third-order valence-electron chi connectivity index (χ3n) is 6.76. The third-order valence-corrected chi connectivity index (χ3v) is 6.76. The molecule has 2 unspecified atom stereocenters. The lowest BCUT2D eigenvalue weighted by molar-refractivity contribution is -0.499. The molecule has 206 valence electrons. The first-order chi connectivity index (χ1) is 16.3. The van der Waals surface area contributed by atoms with E-state index < -0.39 is 111 Å². The zero-order valence-corrected chi connectivity index (χ0v) is 18.1. The highest BCUT2D eigenvalue weighted by Crippen LogP contribution is 2.50. The van der Waals surface area contributed by atoms with Crippen LogP contribution in [0.15, 0.2) is 0 Å². The second-order valence-electron chi connectivity index (χ2n) is 8.74. The van der Waals surface area contributed by atoms with Gasteiger partial charge in [0.2, 0.25) is 11.6 Å². The van der Waals surface area contributed by atoms with Gasteiger partial charge in [-0.3, -0.25) is 0 Å². The number of hydrogen-bond acceptors (Lipinski definition) is 17. The highest BCUT2D eigenvalue weighted by molar-refractivity contribution is 5.18. The molecule has 3 saturated heterocycles. The molecule has 3 fully saturated rings. The Bertz CT molecular complexity index is 727. The molecule has 0 saturated carbocycles. The smallest absolute Gasteiger partial charge is 0.235 e. The van der Waals surface area contributed by atoms with Crippen LogP contribution in [0, 0.1) is 0 Å². The van der Waals surface area contributed by atoms with Crippen LogP contribution in [0.25, 0.3) is 0 Å². The molecule has 3 aliphatic heterocycles. The van der Waals surface area contributed by atoms with Crippen LogP contribution in [0.2, 0.25) is 0 Å². The summed E-state index contributed by atoms with van der Waals surface area (Å²) in [5, 5.41) is 134. The lowest BCUT2D eigenvalue weighted by Crippen LogP contribution is -2.85. The Kier molecular flexibility index (Phi) is 8.45. The van der Waals surface area contributed by atoms with E-state index in [4.69, 9.17) is 18.9 Å². The number of ether oxygens (including phenoxy) is 4. The van der Waals surface area contributed by atoms with Crippen molar-refractivity contribution >= 4 is 0 Å². The minimum Gasteiger partial charge on any atom is -0.394 e. The molecular weight excluding hydrogens is 488 g/mol. The van der Waals surface area contributed by atoms with Crippen LogP contribution in [0.4, 0.5) is 0 Å². The maximum atomic E-state index is 11.6. The molecule has 3 aliphatic rings. The van der Waals surface area contributed by atoms with Gasteiger partial charge in [-0.05, 0) is 0 Å². The topological polar surface area (TPSA) is 300 Å². The van der Waals surface area contributed by atoms with Crippen LogP contribution in [-0.2, 0) is 18.9 Å². The molecule has 35 heavy (non-hydrogen) atoms. The molecule has 0 amide bonds. The Hall–Kier alpha value is -0.680. The molecule has 13 N–H and O–H groups in total. The highest BCUT2D eigenvalue weighted by Gasteiger charge is 2.76. The third kappa shape index (κ3) is 4.10. The number of hydrogen-bond donors (Lipinski definition) is 13. The van der Waals surface area contributed by atoms with Gasteiger partial charge in [0.15, 0.2) is 11.9 Å². The molecule has 0 aromatic heterocycles. The summed E-state index contributed by atoms with van der Waals surface area (Å²) in [4.78, 5) is 0. The van der Waals surface area contributed by atoms with Crippen LogP contribution in [0.1, 0.15) is 0 Å². The quantitative estimate of drug-likeness (QED) is 0.148. The summed E-state index contributed by atoms with van der Waals surface area (Å²) >= 11 is 0. The van der Waals surface area contributed by atoms with Crippen molar-refractivity contribution in [2.45, 2.75) is 84.5 Å². The fourth-order valence-corrected chi connectivity index (χ4v) is 4.71. The summed E-state index contributed by atoms with van der Waals surface area (Å²) in [6.45, 7) is -4.55. The van der Waals surface area contributed by atoms with E-state index in [2.05, 4.69) is 0 Å². The second kappa shape index (κ2) is 10.2. The van der Waals surface area contributed by atoms with Gasteiger partial charge >= 0.3 is 0 Å².